The first kappa shape index (κ1) is 18.6. The summed E-state index contributed by atoms with van der Waals surface area (Å²) in [5.74, 6) is 0.212. The zero-order valence-electron chi connectivity index (χ0n) is 13.3. The van der Waals surface area contributed by atoms with E-state index in [1.807, 2.05) is 0 Å². The van der Waals surface area contributed by atoms with E-state index in [9.17, 15) is 13.2 Å². The van der Waals surface area contributed by atoms with Crippen molar-refractivity contribution in [1.29, 1.82) is 0 Å². The summed E-state index contributed by atoms with van der Waals surface area (Å²) >= 11 is 0. The molecule has 0 saturated carbocycles. The zero-order valence-corrected chi connectivity index (χ0v) is 13.3. The predicted octanol–water partition coefficient (Wildman–Crippen LogP) is 5.73. The van der Waals surface area contributed by atoms with Gasteiger partial charge in [-0.2, -0.15) is 13.2 Å². The molecule has 0 fully saturated rings. The molecule has 0 heterocycles. The highest BCUT2D eigenvalue weighted by Crippen LogP contribution is 2.37. The highest BCUT2D eigenvalue weighted by molar-refractivity contribution is 5.49. The van der Waals surface area contributed by atoms with Gasteiger partial charge in [-0.25, -0.2) is 0 Å². The molecule has 25 heavy (non-hydrogen) atoms. The minimum atomic E-state index is -4.48. The number of rotatable bonds is 6. The zero-order chi connectivity index (χ0) is 18.4. The summed E-state index contributed by atoms with van der Waals surface area (Å²) < 4.78 is 54.3. The van der Waals surface area contributed by atoms with E-state index in [4.69, 9.17) is 19.7 Å². The van der Waals surface area contributed by atoms with Crippen LogP contribution in [0.5, 0.6) is 11.5 Å². The second kappa shape index (κ2) is 7.89. The van der Waals surface area contributed by atoms with Gasteiger partial charge in [-0.3, -0.25) is 0 Å². The van der Waals surface area contributed by atoms with Crippen molar-refractivity contribution >= 4 is 5.69 Å². The van der Waals surface area contributed by atoms with E-state index in [1.165, 1.54) is 44.6 Å². The normalized spacial score (nSPS) is 11.3. The van der Waals surface area contributed by atoms with E-state index < -0.39 is 18.0 Å². The summed E-state index contributed by atoms with van der Waals surface area (Å²) in [7, 11) is 2.78. The van der Waals surface area contributed by atoms with Gasteiger partial charge in [0, 0.05) is 24.8 Å². The standard InChI is InChI=1S/C16H14F3N3O3/c1-23-15(24-2)13-9-11(21-22-20)6-7-14(13)25-12-5-3-4-10(8-12)16(17,18)19/h3-9,15H,1-2H3. The Hall–Kier alpha value is -2.74. The molecule has 0 unspecified atom stereocenters. The van der Waals surface area contributed by atoms with E-state index in [-0.39, 0.29) is 17.2 Å². The van der Waals surface area contributed by atoms with Gasteiger partial charge >= 0.3 is 6.18 Å². The Balaban J connectivity index is 2.43. The lowest BCUT2D eigenvalue weighted by atomic mass is 10.1. The summed E-state index contributed by atoms with van der Waals surface area (Å²) in [4.78, 5) is 2.69. The summed E-state index contributed by atoms with van der Waals surface area (Å²) in [6.07, 6.45) is -5.33. The number of halogens is 3. The summed E-state index contributed by atoms with van der Waals surface area (Å²) in [6, 6.07) is 8.89. The topological polar surface area (TPSA) is 76.5 Å². The number of methoxy groups -OCH3 is 2. The fourth-order valence-corrected chi connectivity index (χ4v) is 2.14. The van der Waals surface area contributed by atoms with Crippen LogP contribution in [0.4, 0.5) is 18.9 Å². The van der Waals surface area contributed by atoms with E-state index in [1.54, 1.807) is 0 Å². The van der Waals surface area contributed by atoms with Gasteiger partial charge in [-0.15, -0.1) is 0 Å². The fraction of sp³-hybridized carbons (Fsp3) is 0.250. The average Bonchev–Trinajstić information content (AvgIpc) is 2.58. The maximum Gasteiger partial charge on any atom is 0.416 e. The number of ether oxygens (including phenoxy) is 3. The minimum absolute atomic E-state index is 0.00133. The Morgan fingerprint density at radius 3 is 2.40 bits per heavy atom. The third-order valence-corrected chi connectivity index (χ3v) is 3.22. The molecular formula is C16H14F3N3O3. The van der Waals surface area contributed by atoms with Crippen molar-refractivity contribution in [2.24, 2.45) is 5.11 Å². The summed E-state index contributed by atoms with van der Waals surface area (Å²) in [5, 5.41) is 3.48. The van der Waals surface area contributed by atoms with Gasteiger partial charge in [-0.05, 0) is 41.9 Å². The van der Waals surface area contributed by atoms with Crippen LogP contribution in [0, 0.1) is 0 Å². The van der Waals surface area contributed by atoms with Crippen LogP contribution in [0.1, 0.15) is 17.4 Å². The molecule has 132 valence electrons. The number of azide groups is 1. The lowest BCUT2D eigenvalue weighted by Crippen LogP contribution is -2.06. The Kier molecular flexibility index (Phi) is 5.87. The quantitative estimate of drug-likeness (QED) is 0.288. The van der Waals surface area contributed by atoms with Crippen LogP contribution in [0.25, 0.3) is 10.4 Å². The lowest BCUT2D eigenvalue weighted by molar-refractivity contribution is -0.137. The van der Waals surface area contributed by atoms with Crippen molar-refractivity contribution in [3.05, 3.63) is 64.0 Å². The van der Waals surface area contributed by atoms with E-state index >= 15 is 0 Å². The van der Waals surface area contributed by atoms with Gasteiger partial charge in [0.2, 0.25) is 0 Å². The first-order chi connectivity index (χ1) is 11.9. The summed E-state index contributed by atoms with van der Waals surface area (Å²) in [5.41, 5.74) is 8.36. The Morgan fingerprint density at radius 2 is 1.80 bits per heavy atom. The van der Waals surface area contributed by atoms with Crippen LogP contribution in [-0.4, -0.2) is 14.2 Å². The molecule has 0 atom stereocenters. The Morgan fingerprint density at radius 1 is 1.08 bits per heavy atom. The van der Waals surface area contributed by atoms with Crippen LogP contribution in [0.15, 0.2) is 47.6 Å². The molecule has 0 spiro atoms. The first-order valence-electron chi connectivity index (χ1n) is 6.98. The van der Waals surface area contributed by atoms with Crippen molar-refractivity contribution in [2.75, 3.05) is 14.2 Å². The molecule has 0 bridgehead atoms. The highest BCUT2D eigenvalue weighted by Gasteiger charge is 2.30. The molecule has 0 aromatic heterocycles. The smallest absolute Gasteiger partial charge is 0.416 e. The molecule has 0 aliphatic carbocycles. The first-order valence-corrected chi connectivity index (χ1v) is 6.98. The molecule has 2 aromatic carbocycles. The molecule has 2 aromatic rings. The minimum Gasteiger partial charge on any atom is -0.457 e. The lowest BCUT2D eigenvalue weighted by Gasteiger charge is -2.19. The average molecular weight is 353 g/mol. The van der Waals surface area contributed by atoms with Crippen LogP contribution < -0.4 is 4.74 Å². The van der Waals surface area contributed by atoms with Crippen molar-refractivity contribution < 1.29 is 27.4 Å². The van der Waals surface area contributed by atoms with Crippen molar-refractivity contribution in [1.82, 2.24) is 0 Å². The molecule has 2 rings (SSSR count). The molecule has 0 saturated heterocycles. The summed E-state index contributed by atoms with van der Waals surface area (Å²) in [6.45, 7) is 0. The van der Waals surface area contributed by atoms with E-state index in [2.05, 4.69) is 10.0 Å². The second-order valence-corrected chi connectivity index (χ2v) is 4.84. The molecular weight excluding hydrogens is 339 g/mol. The fourth-order valence-electron chi connectivity index (χ4n) is 2.14. The van der Waals surface area contributed by atoms with Gasteiger partial charge in [0.15, 0.2) is 6.29 Å². The van der Waals surface area contributed by atoms with Gasteiger partial charge in [0.05, 0.1) is 11.1 Å². The number of hydrogen-bond acceptors (Lipinski definition) is 4. The molecule has 0 aliphatic heterocycles. The van der Waals surface area contributed by atoms with E-state index in [0.29, 0.717) is 5.56 Å². The van der Waals surface area contributed by atoms with Crippen LogP contribution in [0.2, 0.25) is 0 Å². The number of nitrogens with zero attached hydrogens (tertiary/aromatic N) is 3. The number of benzene rings is 2. The van der Waals surface area contributed by atoms with Gasteiger partial charge in [0.25, 0.3) is 0 Å². The van der Waals surface area contributed by atoms with Crippen molar-refractivity contribution in [3.8, 4) is 11.5 Å². The van der Waals surface area contributed by atoms with Crippen LogP contribution in [-0.2, 0) is 15.7 Å². The van der Waals surface area contributed by atoms with E-state index in [0.717, 1.165) is 12.1 Å². The SMILES string of the molecule is COC(OC)c1cc(N=[N+]=[N-])ccc1Oc1cccc(C(F)(F)F)c1. The predicted molar refractivity (Wildman–Crippen MR) is 83.5 cm³/mol. The molecule has 6 nitrogen and oxygen atoms in total. The van der Waals surface area contributed by atoms with Crippen molar-refractivity contribution in [3.63, 3.8) is 0 Å². The maximum absolute atomic E-state index is 12.8. The largest absolute Gasteiger partial charge is 0.457 e. The van der Waals surface area contributed by atoms with Crippen LogP contribution >= 0.6 is 0 Å². The third kappa shape index (κ3) is 4.63. The van der Waals surface area contributed by atoms with Crippen molar-refractivity contribution in [2.45, 2.75) is 12.5 Å². The van der Waals surface area contributed by atoms with Gasteiger partial charge < -0.3 is 14.2 Å². The highest BCUT2D eigenvalue weighted by atomic mass is 19.4. The number of hydrogen-bond donors (Lipinski definition) is 0. The third-order valence-electron chi connectivity index (χ3n) is 3.22. The molecule has 0 N–H and O–H groups in total. The van der Waals surface area contributed by atoms with Crippen LogP contribution in [0.3, 0.4) is 0 Å². The second-order valence-electron chi connectivity index (χ2n) is 4.84. The van der Waals surface area contributed by atoms with Gasteiger partial charge in [-0.1, -0.05) is 11.2 Å². The monoisotopic (exact) mass is 353 g/mol. The maximum atomic E-state index is 12.8. The van der Waals surface area contributed by atoms with Gasteiger partial charge in [0.1, 0.15) is 11.5 Å². The molecule has 0 amide bonds. The Labute approximate surface area is 141 Å². The number of alkyl halides is 3. The Bertz CT molecular complexity index is 786. The molecule has 0 radical (unpaired) electrons. The molecule has 9 heteroatoms. The molecule has 0 aliphatic rings.